The molecule has 1 saturated heterocycles. The van der Waals surface area contributed by atoms with Gasteiger partial charge in [-0.2, -0.15) is 0 Å². The van der Waals surface area contributed by atoms with E-state index in [0.717, 1.165) is 44.8 Å². The van der Waals surface area contributed by atoms with E-state index < -0.39 is 0 Å². The summed E-state index contributed by atoms with van der Waals surface area (Å²) in [4.78, 5) is 9.00. The average molecular weight is 350 g/mol. The van der Waals surface area contributed by atoms with Crippen molar-refractivity contribution in [3.63, 3.8) is 0 Å². The molecule has 1 aromatic heterocycles. The second kappa shape index (κ2) is 8.11. The molecule has 0 unspecified atom stereocenters. The number of pyridine rings is 1. The number of hydrogen-bond donors (Lipinski definition) is 0. The van der Waals surface area contributed by atoms with Gasteiger partial charge in [-0.05, 0) is 42.8 Å². The van der Waals surface area contributed by atoms with Crippen molar-refractivity contribution in [2.75, 3.05) is 26.2 Å². The van der Waals surface area contributed by atoms with Crippen molar-refractivity contribution in [3.8, 4) is 0 Å². The van der Waals surface area contributed by atoms with Crippen molar-refractivity contribution < 1.29 is 0 Å². The van der Waals surface area contributed by atoms with Crippen molar-refractivity contribution in [1.29, 1.82) is 0 Å². The van der Waals surface area contributed by atoms with Crippen LogP contribution in [-0.2, 0) is 13.1 Å². The molecule has 1 fully saturated rings. The van der Waals surface area contributed by atoms with Crippen LogP contribution >= 0.6 is 23.2 Å². The maximum absolute atomic E-state index is 5.99. The molecule has 0 aliphatic carbocycles. The van der Waals surface area contributed by atoms with Crippen LogP contribution in [-0.4, -0.2) is 41.0 Å². The molecule has 0 radical (unpaired) electrons. The smallest absolute Gasteiger partial charge is 0.131 e. The van der Waals surface area contributed by atoms with Crippen LogP contribution in [0, 0.1) is 0 Å². The zero-order chi connectivity index (χ0) is 16.1. The Hall–Kier alpha value is -1.13. The fraction of sp³-hybridized carbons (Fsp3) is 0.389. The first-order chi connectivity index (χ1) is 11.2. The van der Waals surface area contributed by atoms with Gasteiger partial charge in [-0.1, -0.05) is 53.5 Å². The summed E-state index contributed by atoms with van der Waals surface area (Å²) in [5, 5.41) is 0.932. The Labute approximate surface area is 147 Å². The highest BCUT2D eigenvalue weighted by atomic mass is 35.5. The molecule has 0 bridgehead atoms. The second-order valence-corrected chi connectivity index (χ2v) is 6.79. The summed E-state index contributed by atoms with van der Waals surface area (Å²) >= 11 is 12.0. The van der Waals surface area contributed by atoms with Gasteiger partial charge in [0, 0.05) is 26.2 Å². The third-order valence-electron chi connectivity index (χ3n) is 4.16. The minimum Gasteiger partial charge on any atom is -0.298 e. The van der Waals surface area contributed by atoms with Gasteiger partial charge in [-0.3, -0.25) is 9.80 Å². The van der Waals surface area contributed by atoms with Gasteiger partial charge < -0.3 is 0 Å². The van der Waals surface area contributed by atoms with Gasteiger partial charge in [0.05, 0.1) is 0 Å². The third-order valence-corrected chi connectivity index (χ3v) is 4.55. The topological polar surface area (TPSA) is 19.4 Å². The molecule has 2 heterocycles. The highest BCUT2D eigenvalue weighted by Crippen LogP contribution is 2.17. The predicted octanol–water partition coefficient (Wildman–Crippen LogP) is 4.10. The molecule has 1 aliphatic rings. The highest BCUT2D eigenvalue weighted by molar-refractivity contribution is 6.32. The first kappa shape index (κ1) is 16.7. The Morgan fingerprint density at radius 3 is 1.96 bits per heavy atom. The fourth-order valence-corrected chi connectivity index (χ4v) is 3.55. The number of aromatic nitrogens is 1. The first-order valence-corrected chi connectivity index (χ1v) is 8.75. The van der Waals surface area contributed by atoms with E-state index in [1.807, 2.05) is 12.1 Å². The lowest BCUT2D eigenvalue weighted by molar-refractivity contribution is 0.247. The lowest BCUT2D eigenvalue weighted by atomic mass is 10.2. The maximum atomic E-state index is 5.99. The zero-order valence-electron chi connectivity index (χ0n) is 13.1. The van der Waals surface area contributed by atoms with Crippen molar-refractivity contribution in [2.45, 2.75) is 19.5 Å². The van der Waals surface area contributed by atoms with Crippen LogP contribution in [0.1, 0.15) is 17.5 Å². The monoisotopic (exact) mass is 349 g/mol. The molecule has 3 rings (SSSR count). The summed E-state index contributed by atoms with van der Waals surface area (Å²) in [7, 11) is 0. The molecule has 0 N–H and O–H groups in total. The summed E-state index contributed by atoms with van der Waals surface area (Å²) in [6, 6.07) is 14.5. The van der Waals surface area contributed by atoms with E-state index in [9.17, 15) is 0 Å². The van der Waals surface area contributed by atoms with Crippen LogP contribution in [0.15, 0.2) is 42.5 Å². The van der Waals surface area contributed by atoms with Gasteiger partial charge in [-0.15, -0.1) is 0 Å². The Kier molecular flexibility index (Phi) is 5.90. The van der Waals surface area contributed by atoms with Crippen molar-refractivity contribution >= 4 is 23.2 Å². The minimum atomic E-state index is 0.466. The molecule has 5 heteroatoms. The first-order valence-electron chi connectivity index (χ1n) is 8.00. The quantitative estimate of drug-likeness (QED) is 0.774. The summed E-state index contributed by atoms with van der Waals surface area (Å²) in [6.07, 6.45) is 1.18. The molecule has 3 nitrogen and oxygen atoms in total. The van der Waals surface area contributed by atoms with E-state index in [1.54, 1.807) is 0 Å². The van der Waals surface area contributed by atoms with Gasteiger partial charge in [0.25, 0.3) is 0 Å². The Bertz CT molecular complexity index is 613. The van der Waals surface area contributed by atoms with Crippen LogP contribution in [0.2, 0.25) is 10.3 Å². The molecule has 2 aromatic rings. The molecular formula is C18H21Cl2N3. The third kappa shape index (κ3) is 5.18. The average Bonchev–Trinajstić information content (AvgIpc) is 2.73. The molecule has 0 amide bonds. The Balaban J connectivity index is 1.56. The molecule has 122 valence electrons. The SMILES string of the molecule is Clc1cc(CN2CCCN(Cc3ccccc3)CC2)cc(Cl)n1. The summed E-state index contributed by atoms with van der Waals surface area (Å²) in [5.41, 5.74) is 2.51. The molecule has 1 aliphatic heterocycles. The standard InChI is InChI=1S/C18H21Cl2N3/c19-17-11-16(12-18(20)21-17)14-23-8-4-7-22(9-10-23)13-15-5-2-1-3-6-15/h1-3,5-6,11-12H,4,7-10,13-14H2. The van der Waals surface area contributed by atoms with Gasteiger partial charge >= 0.3 is 0 Å². The van der Waals surface area contributed by atoms with Crippen LogP contribution in [0.25, 0.3) is 0 Å². The van der Waals surface area contributed by atoms with Crippen molar-refractivity contribution in [1.82, 2.24) is 14.8 Å². The minimum absolute atomic E-state index is 0.466. The Morgan fingerprint density at radius 1 is 0.783 bits per heavy atom. The molecule has 0 saturated carbocycles. The van der Waals surface area contributed by atoms with E-state index in [1.165, 1.54) is 12.0 Å². The predicted molar refractivity (Wildman–Crippen MR) is 95.9 cm³/mol. The zero-order valence-corrected chi connectivity index (χ0v) is 14.6. The highest BCUT2D eigenvalue weighted by Gasteiger charge is 2.15. The van der Waals surface area contributed by atoms with E-state index in [-0.39, 0.29) is 0 Å². The molecule has 1 aromatic carbocycles. The maximum Gasteiger partial charge on any atom is 0.131 e. The van der Waals surface area contributed by atoms with Crippen LogP contribution in [0.4, 0.5) is 0 Å². The summed E-state index contributed by atoms with van der Waals surface area (Å²) in [5.74, 6) is 0. The molecular weight excluding hydrogens is 329 g/mol. The molecule has 0 atom stereocenters. The molecule has 23 heavy (non-hydrogen) atoms. The number of halogens is 2. The normalized spacial score (nSPS) is 17.1. The lowest BCUT2D eigenvalue weighted by Crippen LogP contribution is -2.30. The Morgan fingerprint density at radius 2 is 1.35 bits per heavy atom. The summed E-state index contributed by atoms with van der Waals surface area (Å²) in [6.45, 7) is 6.29. The summed E-state index contributed by atoms with van der Waals surface area (Å²) < 4.78 is 0. The number of rotatable bonds is 4. The van der Waals surface area contributed by atoms with Crippen LogP contribution < -0.4 is 0 Å². The van der Waals surface area contributed by atoms with Gasteiger partial charge in [0.15, 0.2) is 0 Å². The lowest BCUT2D eigenvalue weighted by Gasteiger charge is -2.22. The van der Waals surface area contributed by atoms with Gasteiger partial charge in [0.1, 0.15) is 10.3 Å². The number of hydrogen-bond acceptors (Lipinski definition) is 3. The second-order valence-electron chi connectivity index (χ2n) is 6.01. The number of benzene rings is 1. The van der Waals surface area contributed by atoms with E-state index in [0.29, 0.717) is 10.3 Å². The van der Waals surface area contributed by atoms with Gasteiger partial charge in [-0.25, -0.2) is 4.98 Å². The van der Waals surface area contributed by atoms with Crippen LogP contribution in [0.3, 0.4) is 0 Å². The van der Waals surface area contributed by atoms with E-state index >= 15 is 0 Å². The number of nitrogens with zero attached hydrogens (tertiary/aromatic N) is 3. The van der Waals surface area contributed by atoms with Crippen molar-refractivity contribution in [3.05, 3.63) is 63.9 Å². The van der Waals surface area contributed by atoms with Gasteiger partial charge in [0.2, 0.25) is 0 Å². The van der Waals surface area contributed by atoms with E-state index in [2.05, 4.69) is 45.1 Å². The van der Waals surface area contributed by atoms with Crippen LogP contribution in [0.5, 0.6) is 0 Å². The van der Waals surface area contributed by atoms with Crippen molar-refractivity contribution in [2.24, 2.45) is 0 Å². The fourth-order valence-electron chi connectivity index (χ4n) is 3.05. The van der Waals surface area contributed by atoms with E-state index in [4.69, 9.17) is 23.2 Å². The molecule has 0 spiro atoms. The largest absolute Gasteiger partial charge is 0.298 e.